The number of nitrogens with zero attached hydrogens (tertiary/aromatic N) is 1. The summed E-state index contributed by atoms with van der Waals surface area (Å²) < 4.78 is 4.71. The van der Waals surface area contributed by atoms with E-state index in [2.05, 4.69) is 10.2 Å². The summed E-state index contributed by atoms with van der Waals surface area (Å²) in [6.07, 6.45) is 6.62. The van der Waals surface area contributed by atoms with Crippen molar-refractivity contribution in [3.63, 3.8) is 0 Å². The number of hydrogen-bond donors (Lipinski definition) is 1. The maximum atomic E-state index is 11.2. The molecule has 0 radical (unpaired) electrons. The molecule has 4 nitrogen and oxygen atoms in total. The molecule has 0 aromatic rings. The minimum atomic E-state index is -0.121. The van der Waals surface area contributed by atoms with Crippen LogP contribution in [0.4, 0.5) is 0 Å². The van der Waals surface area contributed by atoms with E-state index >= 15 is 0 Å². The second-order valence-corrected chi connectivity index (χ2v) is 5.36. The van der Waals surface area contributed by atoms with Crippen molar-refractivity contribution in [2.24, 2.45) is 5.92 Å². The maximum absolute atomic E-state index is 11.2. The molecule has 1 unspecified atom stereocenters. The van der Waals surface area contributed by atoms with Crippen LogP contribution in [0.25, 0.3) is 0 Å². The van der Waals surface area contributed by atoms with Crippen LogP contribution < -0.4 is 5.32 Å². The summed E-state index contributed by atoms with van der Waals surface area (Å²) in [5, 5.41) is 3.65. The Bertz CT molecular complexity index is 254. The number of carbonyl (C=O) groups is 1. The largest absolute Gasteiger partial charge is 0.468 e. The van der Waals surface area contributed by atoms with Gasteiger partial charge in [0.2, 0.25) is 0 Å². The molecule has 2 aliphatic rings. The Labute approximate surface area is 104 Å². The van der Waals surface area contributed by atoms with E-state index in [1.54, 1.807) is 0 Å². The fraction of sp³-hybridized carbons (Fsp3) is 0.923. The predicted octanol–water partition coefficient (Wildman–Crippen LogP) is 1.01. The highest BCUT2D eigenvalue weighted by Gasteiger charge is 2.23. The van der Waals surface area contributed by atoms with Crippen molar-refractivity contribution >= 4 is 5.97 Å². The Morgan fingerprint density at radius 1 is 1.35 bits per heavy atom. The molecule has 1 N–H and O–H groups in total. The van der Waals surface area contributed by atoms with Crippen LogP contribution in [0.15, 0.2) is 0 Å². The lowest BCUT2D eigenvalue weighted by Crippen LogP contribution is -2.48. The zero-order chi connectivity index (χ0) is 12.1. The van der Waals surface area contributed by atoms with Gasteiger partial charge in [0.25, 0.3) is 0 Å². The molecule has 98 valence electrons. The first-order valence-corrected chi connectivity index (χ1v) is 6.80. The van der Waals surface area contributed by atoms with Crippen molar-refractivity contribution < 1.29 is 9.53 Å². The third-order valence-corrected chi connectivity index (χ3v) is 4.01. The molecule has 1 saturated heterocycles. The molecule has 0 bridgehead atoms. The molecule has 1 aliphatic carbocycles. The second kappa shape index (κ2) is 6.36. The van der Waals surface area contributed by atoms with Crippen molar-refractivity contribution in [2.45, 2.75) is 38.1 Å². The molecule has 0 aromatic carbocycles. The molecule has 0 aromatic heterocycles. The lowest BCUT2D eigenvalue weighted by molar-refractivity contribution is -0.142. The van der Waals surface area contributed by atoms with Gasteiger partial charge in [-0.3, -0.25) is 9.69 Å². The van der Waals surface area contributed by atoms with Gasteiger partial charge in [-0.1, -0.05) is 6.42 Å². The number of rotatable bonds is 5. The Morgan fingerprint density at radius 2 is 2.18 bits per heavy atom. The number of hydrogen-bond acceptors (Lipinski definition) is 4. The average molecular weight is 240 g/mol. The van der Waals surface area contributed by atoms with Crippen LogP contribution in [0.2, 0.25) is 0 Å². The lowest BCUT2D eigenvalue weighted by Gasteiger charge is -2.34. The first-order valence-electron chi connectivity index (χ1n) is 6.80. The molecule has 1 heterocycles. The van der Waals surface area contributed by atoms with Gasteiger partial charge in [0.1, 0.15) is 0 Å². The molecule has 4 heteroatoms. The molecular weight excluding hydrogens is 216 g/mol. The number of carbonyl (C=O) groups excluding carboxylic acids is 1. The Morgan fingerprint density at radius 3 is 2.82 bits per heavy atom. The van der Waals surface area contributed by atoms with Crippen LogP contribution in [-0.2, 0) is 9.53 Å². The van der Waals surface area contributed by atoms with Crippen molar-refractivity contribution in [1.82, 2.24) is 10.2 Å². The summed E-state index contributed by atoms with van der Waals surface area (Å²) >= 11 is 0. The van der Waals surface area contributed by atoms with E-state index < -0.39 is 0 Å². The van der Waals surface area contributed by atoms with Gasteiger partial charge in [0, 0.05) is 12.6 Å². The minimum Gasteiger partial charge on any atom is -0.468 e. The fourth-order valence-electron chi connectivity index (χ4n) is 2.64. The molecule has 2 rings (SSSR count). The van der Waals surface area contributed by atoms with Gasteiger partial charge in [-0.05, 0) is 44.7 Å². The van der Waals surface area contributed by atoms with E-state index in [-0.39, 0.29) is 5.97 Å². The average Bonchev–Trinajstić information content (AvgIpc) is 2.27. The quantitative estimate of drug-likeness (QED) is 0.728. The van der Waals surface area contributed by atoms with E-state index in [1.165, 1.54) is 39.2 Å². The smallest absolute Gasteiger partial charge is 0.319 e. The SMILES string of the molecule is COC(=O)CN1CCCC(NCC2CCC2)C1. The van der Waals surface area contributed by atoms with Gasteiger partial charge in [0.15, 0.2) is 0 Å². The number of methoxy groups -OCH3 is 1. The summed E-state index contributed by atoms with van der Waals surface area (Å²) in [4.78, 5) is 13.4. The third-order valence-electron chi connectivity index (χ3n) is 4.01. The van der Waals surface area contributed by atoms with Crippen LogP contribution in [0, 0.1) is 5.92 Å². The van der Waals surface area contributed by atoms with Crippen molar-refractivity contribution in [3.8, 4) is 0 Å². The fourth-order valence-corrected chi connectivity index (χ4v) is 2.64. The topological polar surface area (TPSA) is 41.6 Å². The predicted molar refractivity (Wildman–Crippen MR) is 66.8 cm³/mol. The molecule has 1 saturated carbocycles. The summed E-state index contributed by atoms with van der Waals surface area (Å²) in [6, 6.07) is 0.564. The van der Waals surface area contributed by atoms with Crippen molar-refractivity contribution in [1.29, 1.82) is 0 Å². The highest BCUT2D eigenvalue weighted by Crippen LogP contribution is 2.25. The highest BCUT2D eigenvalue weighted by atomic mass is 16.5. The van der Waals surface area contributed by atoms with Crippen LogP contribution in [-0.4, -0.2) is 50.2 Å². The normalized spacial score (nSPS) is 26.5. The van der Waals surface area contributed by atoms with Crippen LogP contribution >= 0.6 is 0 Å². The summed E-state index contributed by atoms with van der Waals surface area (Å²) in [7, 11) is 1.46. The molecule has 1 aliphatic heterocycles. The van der Waals surface area contributed by atoms with Crippen LogP contribution in [0.1, 0.15) is 32.1 Å². The van der Waals surface area contributed by atoms with Crippen molar-refractivity contribution in [2.75, 3.05) is 33.3 Å². The van der Waals surface area contributed by atoms with Crippen molar-refractivity contribution in [3.05, 3.63) is 0 Å². The van der Waals surface area contributed by atoms with Crippen LogP contribution in [0.3, 0.4) is 0 Å². The van der Waals surface area contributed by atoms with Gasteiger partial charge in [0.05, 0.1) is 13.7 Å². The molecular formula is C13H24N2O2. The number of piperidine rings is 1. The zero-order valence-electron chi connectivity index (χ0n) is 10.8. The number of ether oxygens (including phenoxy) is 1. The van der Waals surface area contributed by atoms with E-state index in [0.717, 1.165) is 25.6 Å². The molecule has 0 amide bonds. The first kappa shape index (κ1) is 12.8. The van der Waals surface area contributed by atoms with E-state index in [1.807, 2.05) is 0 Å². The minimum absolute atomic E-state index is 0.121. The van der Waals surface area contributed by atoms with Crippen LogP contribution in [0.5, 0.6) is 0 Å². The zero-order valence-corrected chi connectivity index (χ0v) is 10.8. The van der Waals surface area contributed by atoms with Gasteiger partial charge in [-0.2, -0.15) is 0 Å². The molecule has 2 fully saturated rings. The van der Waals surface area contributed by atoms with Gasteiger partial charge >= 0.3 is 5.97 Å². The number of esters is 1. The van der Waals surface area contributed by atoms with Gasteiger partial charge in [-0.25, -0.2) is 0 Å². The number of likely N-dealkylation sites (tertiary alicyclic amines) is 1. The first-order chi connectivity index (χ1) is 8.28. The molecule has 1 atom stereocenters. The Hall–Kier alpha value is -0.610. The number of nitrogens with one attached hydrogen (secondary N) is 1. The summed E-state index contributed by atoms with van der Waals surface area (Å²) in [5.74, 6) is 0.788. The highest BCUT2D eigenvalue weighted by molar-refractivity contribution is 5.71. The van der Waals surface area contributed by atoms with E-state index in [0.29, 0.717) is 12.6 Å². The lowest BCUT2D eigenvalue weighted by atomic mass is 9.85. The second-order valence-electron chi connectivity index (χ2n) is 5.36. The standard InChI is InChI=1S/C13H24N2O2/c1-17-13(16)10-15-7-3-6-12(9-15)14-8-11-4-2-5-11/h11-12,14H,2-10H2,1H3. The monoisotopic (exact) mass is 240 g/mol. The van der Waals surface area contributed by atoms with E-state index in [9.17, 15) is 4.79 Å². The summed E-state index contributed by atoms with van der Waals surface area (Å²) in [5.41, 5.74) is 0. The molecule has 17 heavy (non-hydrogen) atoms. The van der Waals surface area contributed by atoms with Gasteiger partial charge < -0.3 is 10.1 Å². The van der Waals surface area contributed by atoms with Gasteiger partial charge in [-0.15, -0.1) is 0 Å². The van der Waals surface area contributed by atoms with E-state index in [4.69, 9.17) is 4.74 Å². The molecule has 0 spiro atoms. The Balaban J connectivity index is 1.66. The summed E-state index contributed by atoms with van der Waals surface area (Å²) in [6.45, 7) is 3.62. The maximum Gasteiger partial charge on any atom is 0.319 e. The Kier molecular flexibility index (Phi) is 4.80. The third kappa shape index (κ3) is 3.96.